The van der Waals surface area contributed by atoms with Gasteiger partial charge in [-0.15, -0.1) is 0 Å². The molecule has 5 heteroatoms. The monoisotopic (exact) mass is 312 g/mol. The second-order valence-corrected chi connectivity index (χ2v) is 6.19. The summed E-state index contributed by atoms with van der Waals surface area (Å²) in [6, 6.07) is 5.75. The van der Waals surface area contributed by atoms with Gasteiger partial charge in [-0.2, -0.15) is 0 Å². The third-order valence-corrected chi connectivity index (χ3v) is 4.03. The van der Waals surface area contributed by atoms with E-state index in [0.29, 0.717) is 6.61 Å². The van der Waals surface area contributed by atoms with E-state index in [1.165, 1.54) is 0 Å². The second-order valence-electron chi connectivity index (χ2n) is 5.78. The molecule has 0 radical (unpaired) electrons. The van der Waals surface area contributed by atoms with E-state index in [2.05, 4.69) is 12.1 Å². The van der Waals surface area contributed by atoms with Crippen molar-refractivity contribution >= 4 is 17.4 Å². The average molecular weight is 313 g/mol. The van der Waals surface area contributed by atoms with Gasteiger partial charge in [0.15, 0.2) is 0 Å². The first kappa shape index (κ1) is 17.6. The summed E-state index contributed by atoms with van der Waals surface area (Å²) in [7, 11) is 0. The lowest BCUT2D eigenvalue weighted by molar-refractivity contribution is 0.288. The molecule has 0 saturated carbocycles. The van der Waals surface area contributed by atoms with Crippen molar-refractivity contribution in [3.05, 3.63) is 28.8 Å². The maximum Gasteiger partial charge on any atom is 0.144 e. The van der Waals surface area contributed by atoms with Crippen LogP contribution in [0.4, 0.5) is 0 Å². The molecule has 3 N–H and O–H groups in total. The Hall–Kier alpha value is -1.42. The van der Waals surface area contributed by atoms with E-state index >= 15 is 0 Å². The zero-order valence-corrected chi connectivity index (χ0v) is 13.8. The Labute approximate surface area is 131 Å². The van der Waals surface area contributed by atoms with Crippen molar-refractivity contribution in [1.29, 1.82) is 0 Å². The van der Waals surface area contributed by atoms with Gasteiger partial charge in [0.2, 0.25) is 0 Å². The van der Waals surface area contributed by atoms with Gasteiger partial charge in [0, 0.05) is 10.4 Å². The van der Waals surface area contributed by atoms with E-state index in [1.807, 2.05) is 32.0 Å². The molecule has 0 heterocycles. The molecule has 0 spiro atoms. The molecule has 1 aromatic carbocycles. The van der Waals surface area contributed by atoms with Gasteiger partial charge < -0.3 is 15.7 Å². The van der Waals surface area contributed by atoms with Gasteiger partial charge in [-0.3, -0.25) is 0 Å². The Morgan fingerprint density at radius 2 is 2.10 bits per heavy atom. The predicted octanol–water partition coefficient (Wildman–Crippen LogP) is 4.22. The fourth-order valence-corrected chi connectivity index (χ4v) is 2.29. The van der Waals surface area contributed by atoms with Crippen LogP contribution >= 0.6 is 11.6 Å². The summed E-state index contributed by atoms with van der Waals surface area (Å²) in [6.07, 6.45) is 3.63. The van der Waals surface area contributed by atoms with Crippen molar-refractivity contribution in [1.82, 2.24) is 0 Å². The lowest BCUT2D eigenvalue weighted by Crippen LogP contribution is -2.31. The average Bonchev–Trinajstić information content (AvgIpc) is 2.47. The zero-order chi connectivity index (χ0) is 15.9. The number of halogens is 1. The minimum Gasteiger partial charge on any atom is -0.494 e. The minimum absolute atomic E-state index is 0.272. The molecule has 0 atom stereocenters. The van der Waals surface area contributed by atoms with E-state index in [0.717, 1.165) is 42.0 Å². The van der Waals surface area contributed by atoms with Crippen LogP contribution in [-0.4, -0.2) is 17.6 Å². The maximum atomic E-state index is 8.72. The third kappa shape index (κ3) is 5.46. The first-order chi connectivity index (χ1) is 9.90. The number of unbranched alkanes of at least 4 members (excludes halogenated alkanes) is 1. The van der Waals surface area contributed by atoms with E-state index in [4.69, 9.17) is 27.3 Å². The van der Waals surface area contributed by atoms with Crippen molar-refractivity contribution in [3.63, 3.8) is 0 Å². The van der Waals surface area contributed by atoms with Crippen LogP contribution in [0.3, 0.4) is 0 Å². The molecule has 0 aliphatic heterocycles. The van der Waals surface area contributed by atoms with Gasteiger partial charge >= 0.3 is 0 Å². The Morgan fingerprint density at radius 1 is 1.38 bits per heavy atom. The van der Waals surface area contributed by atoms with Crippen molar-refractivity contribution in [2.75, 3.05) is 6.61 Å². The summed E-state index contributed by atoms with van der Waals surface area (Å²) < 4.78 is 5.74. The van der Waals surface area contributed by atoms with Gasteiger partial charge in [-0.05, 0) is 49.4 Å². The summed E-state index contributed by atoms with van der Waals surface area (Å²) in [6.45, 7) is 6.66. The molecule has 118 valence electrons. The number of rotatable bonds is 8. The van der Waals surface area contributed by atoms with Gasteiger partial charge in [0.25, 0.3) is 0 Å². The number of amidine groups is 1. The fraction of sp³-hybridized carbons (Fsp3) is 0.562. The largest absolute Gasteiger partial charge is 0.494 e. The van der Waals surface area contributed by atoms with Gasteiger partial charge in [-0.25, -0.2) is 0 Å². The quantitative estimate of drug-likeness (QED) is 0.248. The van der Waals surface area contributed by atoms with Crippen molar-refractivity contribution in [2.45, 2.75) is 46.5 Å². The highest BCUT2D eigenvalue weighted by atomic mass is 35.5. The van der Waals surface area contributed by atoms with Gasteiger partial charge in [0.05, 0.1) is 6.61 Å². The molecule has 0 bridgehead atoms. The molecular formula is C16H25ClN2O2. The van der Waals surface area contributed by atoms with E-state index in [1.54, 1.807) is 0 Å². The molecule has 0 fully saturated rings. The van der Waals surface area contributed by atoms with E-state index in [-0.39, 0.29) is 11.3 Å². The normalized spacial score (nSPS) is 12.5. The second kappa shape index (κ2) is 8.13. The molecule has 0 unspecified atom stereocenters. The third-order valence-electron chi connectivity index (χ3n) is 3.66. The first-order valence-electron chi connectivity index (χ1n) is 7.30. The highest BCUT2D eigenvalue weighted by Gasteiger charge is 2.22. The highest BCUT2D eigenvalue weighted by molar-refractivity contribution is 6.31. The standard InChI is InChI=1S/C16H25ClN2O2/c1-4-12-11-13(7-8-14(12)17)21-10-6-5-9-16(2,3)15(18)19-20/h7-8,11,20H,4-6,9-10H2,1-3H3,(H2,18,19). The Kier molecular flexibility index (Phi) is 6.82. The minimum atomic E-state index is -0.287. The van der Waals surface area contributed by atoms with Crippen LogP contribution in [0, 0.1) is 5.41 Å². The molecule has 0 aliphatic rings. The summed E-state index contributed by atoms with van der Waals surface area (Å²) in [5.74, 6) is 1.13. The highest BCUT2D eigenvalue weighted by Crippen LogP contribution is 2.25. The summed E-state index contributed by atoms with van der Waals surface area (Å²) in [5.41, 5.74) is 6.47. The Bertz CT molecular complexity index is 487. The van der Waals surface area contributed by atoms with Gasteiger partial charge in [-0.1, -0.05) is 37.5 Å². The number of nitrogens with two attached hydrogens (primary N) is 1. The van der Waals surface area contributed by atoms with Crippen LogP contribution in [0.15, 0.2) is 23.4 Å². The number of oxime groups is 1. The van der Waals surface area contributed by atoms with Crippen molar-refractivity contribution < 1.29 is 9.94 Å². The lowest BCUT2D eigenvalue weighted by atomic mass is 9.86. The van der Waals surface area contributed by atoms with Crippen LogP contribution in [0.1, 0.15) is 45.6 Å². The first-order valence-corrected chi connectivity index (χ1v) is 7.67. The van der Waals surface area contributed by atoms with Crippen LogP contribution < -0.4 is 10.5 Å². The molecule has 0 saturated heterocycles. The van der Waals surface area contributed by atoms with Crippen LogP contribution in [0.5, 0.6) is 5.75 Å². The topological polar surface area (TPSA) is 67.8 Å². The van der Waals surface area contributed by atoms with E-state index < -0.39 is 0 Å². The molecule has 4 nitrogen and oxygen atoms in total. The van der Waals surface area contributed by atoms with Crippen LogP contribution in [0.2, 0.25) is 5.02 Å². The van der Waals surface area contributed by atoms with Crippen LogP contribution in [-0.2, 0) is 6.42 Å². The lowest BCUT2D eigenvalue weighted by Gasteiger charge is -2.22. The molecule has 21 heavy (non-hydrogen) atoms. The molecular weight excluding hydrogens is 288 g/mol. The maximum absolute atomic E-state index is 8.72. The van der Waals surface area contributed by atoms with Crippen LogP contribution in [0.25, 0.3) is 0 Å². The Morgan fingerprint density at radius 3 is 2.71 bits per heavy atom. The fourth-order valence-electron chi connectivity index (χ4n) is 2.03. The van der Waals surface area contributed by atoms with Gasteiger partial charge in [0.1, 0.15) is 11.6 Å². The predicted molar refractivity (Wildman–Crippen MR) is 87.4 cm³/mol. The molecule has 0 aliphatic carbocycles. The molecule has 0 aromatic heterocycles. The number of benzene rings is 1. The molecule has 1 rings (SSSR count). The zero-order valence-electron chi connectivity index (χ0n) is 13.0. The molecule has 0 amide bonds. The number of ether oxygens (including phenoxy) is 1. The smallest absolute Gasteiger partial charge is 0.144 e. The number of hydrogen-bond donors (Lipinski definition) is 2. The summed E-state index contributed by atoms with van der Waals surface area (Å²) in [4.78, 5) is 0. The molecule has 1 aromatic rings. The number of nitrogens with zero attached hydrogens (tertiary/aromatic N) is 1. The number of hydrogen-bond acceptors (Lipinski definition) is 3. The summed E-state index contributed by atoms with van der Waals surface area (Å²) in [5, 5.41) is 12.6. The number of aryl methyl sites for hydroxylation is 1. The van der Waals surface area contributed by atoms with E-state index in [9.17, 15) is 0 Å². The van der Waals surface area contributed by atoms with Crippen molar-refractivity contribution in [3.8, 4) is 5.75 Å². The Balaban J connectivity index is 2.35. The SMILES string of the molecule is CCc1cc(OCCCCC(C)(C)/C(N)=N/O)ccc1Cl. The van der Waals surface area contributed by atoms with Crippen molar-refractivity contribution in [2.24, 2.45) is 16.3 Å². The summed E-state index contributed by atoms with van der Waals surface area (Å²) >= 11 is 6.07.